The average Bonchev–Trinajstić information content (AvgIpc) is 2.22. The summed E-state index contributed by atoms with van der Waals surface area (Å²) in [6.45, 7) is 6.62. The number of allylic oxidation sites excluding steroid dienone is 2. The molecule has 0 heterocycles. The quantitative estimate of drug-likeness (QED) is 0.723. The molecule has 1 N–H and O–H groups in total. The third kappa shape index (κ3) is 1.59. The fourth-order valence-corrected chi connectivity index (χ4v) is 3.84. The van der Waals surface area contributed by atoms with Crippen molar-refractivity contribution >= 4 is 5.97 Å². The molecule has 2 aliphatic carbocycles. The number of hydrogen-bond donors (Lipinski definition) is 1. The molecule has 0 aromatic rings. The molecule has 0 amide bonds. The Bertz CT molecular complexity index is 330. The van der Waals surface area contributed by atoms with Crippen LogP contribution >= 0.6 is 0 Å². The van der Waals surface area contributed by atoms with E-state index in [0.717, 1.165) is 5.92 Å². The average molecular weight is 222 g/mol. The molecule has 0 aromatic carbocycles. The number of fused-ring (bicyclic) bond motifs is 1. The predicted octanol–water partition coefficient (Wildman–Crippen LogP) is 3.48. The van der Waals surface area contributed by atoms with Gasteiger partial charge in [0.1, 0.15) is 0 Å². The van der Waals surface area contributed by atoms with Crippen molar-refractivity contribution in [2.75, 3.05) is 0 Å². The standard InChI is InChI=1S/C14H22O2/c1-4-5-6-10-11(7-12(15)16)14-9(3)8(2)13(10)14/h10-11,13-14H,4-7H2,1-3H3,(H,15,16)/t10?,11-,13?,14-/m0/s1. The molecule has 0 saturated heterocycles. The summed E-state index contributed by atoms with van der Waals surface area (Å²) in [6, 6.07) is 0. The molecule has 0 radical (unpaired) electrons. The molecule has 1 fully saturated rings. The summed E-state index contributed by atoms with van der Waals surface area (Å²) in [5.41, 5.74) is 3.02. The Labute approximate surface area is 97.7 Å². The minimum Gasteiger partial charge on any atom is -0.481 e. The minimum atomic E-state index is -0.623. The van der Waals surface area contributed by atoms with Crippen LogP contribution in [0.2, 0.25) is 0 Å². The van der Waals surface area contributed by atoms with E-state index in [0.29, 0.717) is 24.2 Å². The summed E-state index contributed by atoms with van der Waals surface area (Å²) >= 11 is 0. The molecule has 0 aromatic heterocycles. The van der Waals surface area contributed by atoms with Gasteiger partial charge in [0.05, 0.1) is 0 Å². The molecule has 2 heteroatoms. The van der Waals surface area contributed by atoms with Crippen LogP contribution in [-0.2, 0) is 4.79 Å². The van der Waals surface area contributed by atoms with Crippen LogP contribution < -0.4 is 0 Å². The lowest BCUT2D eigenvalue weighted by molar-refractivity contribution is -0.143. The lowest BCUT2D eigenvalue weighted by Gasteiger charge is -2.60. The van der Waals surface area contributed by atoms with Crippen molar-refractivity contribution < 1.29 is 9.90 Å². The van der Waals surface area contributed by atoms with E-state index in [1.54, 1.807) is 5.57 Å². The van der Waals surface area contributed by atoms with Gasteiger partial charge in [-0.15, -0.1) is 0 Å². The summed E-state index contributed by atoms with van der Waals surface area (Å²) in [6.07, 6.45) is 4.06. The van der Waals surface area contributed by atoms with Gasteiger partial charge >= 0.3 is 5.97 Å². The molecule has 1 saturated carbocycles. The van der Waals surface area contributed by atoms with Gasteiger partial charge in [0.2, 0.25) is 0 Å². The highest BCUT2D eigenvalue weighted by Crippen LogP contribution is 2.63. The zero-order chi connectivity index (χ0) is 11.9. The first-order chi connectivity index (χ1) is 7.57. The Morgan fingerprint density at radius 1 is 1.19 bits per heavy atom. The fourth-order valence-electron chi connectivity index (χ4n) is 3.84. The van der Waals surface area contributed by atoms with Crippen molar-refractivity contribution in [2.45, 2.75) is 46.5 Å². The molecule has 16 heavy (non-hydrogen) atoms. The van der Waals surface area contributed by atoms with Crippen molar-refractivity contribution in [3.63, 3.8) is 0 Å². The third-order valence-corrected chi connectivity index (χ3v) is 4.78. The van der Waals surface area contributed by atoms with Gasteiger partial charge in [0.25, 0.3) is 0 Å². The molecule has 2 aliphatic rings. The van der Waals surface area contributed by atoms with Crippen LogP contribution in [0.15, 0.2) is 11.1 Å². The maximum Gasteiger partial charge on any atom is 0.303 e. The second-order valence-electron chi connectivity index (χ2n) is 5.49. The molecule has 2 nitrogen and oxygen atoms in total. The van der Waals surface area contributed by atoms with Crippen LogP contribution in [0.5, 0.6) is 0 Å². The number of aliphatic carboxylic acids is 1. The van der Waals surface area contributed by atoms with Crippen LogP contribution in [-0.4, -0.2) is 11.1 Å². The van der Waals surface area contributed by atoms with Crippen molar-refractivity contribution in [1.82, 2.24) is 0 Å². The topological polar surface area (TPSA) is 37.3 Å². The van der Waals surface area contributed by atoms with Crippen molar-refractivity contribution in [3.8, 4) is 0 Å². The van der Waals surface area contributed by atoms with Crippen molar-refractivity contribution in [2.24, 2.45) is 23.7 Å². The Balaban J connectivity index is 2.02. The summed E-state index contributed by atoms with van der Waals surface area (Å²) < 4.78 is 0. The minimum absolute atomic E-state index is 0.375. The summed E-state index contributed by atoms with van der Waals surface area (Å²) in [7, 11) is 0. The summed E-state index contributed by atoms with van der Waals surface area (Å²) in [5.74, 6) is 1.80. The second kappa shape index (κ2) is 4.23. The highest BCUT2D eigenvalue weighted by Gasteiger charge is 2.56. The maximum atomic E-state index is 10.9. The molecular formula is C14H22O2. The number of carboxylic acid groups (broad SMARTS) is 1. The van der Waals surface area contributed by atoms with Gasteiger partial charge in [0, 0.05) is 6.42 Å². The van der Waals surface area contributed by atoms with Gasteiger partial charge in [-0.2, -0.15) is 0 Å². The first kappa shape index (κ1) is 11.7. The molecule has 0 spiro atoms. The van der Waals surface area contributed by atoms with Gasteiger partial charge in [-0.3, -0.25) is 4.79 Å². The smallest absolute Gasteiger partial charge is 0.303 e. The molecule has 0 bridgehead atoms. The number of hydrogen-bond acceptors (Lipinski definition) is 1. The van der Waals surface area contributed by atoms with Gasteiger partial charge < -0.3 is 5.11 Å². The monoisotopic (exact) mass is 222 g/mol. The van der Waals surface area contributed by atoms with Crippen molar-refractivity contribution in [1.29, 1.82) is 0 Å². The zero-order valence-electron chi connectivity index (χ0n) is 10.5. The van der Waals surface area contributed by atoms with Gasteiger partial charge in [0.15, 0.2) is 0 Å². The van der Waals surface area contributed by atoms with Gasteiger partial charge in [-0.05, 0) is 43.9 Å². The highest BCUT2D eigenvalue weighted by atomic mass is 16.4. The first-order valence-corrected chi connectivity index (χ1v) is 6.47. The first-order valence-electron chi connectivity index (χ1n) is 6.47. The van der Waals surface area contributed by atoms with Crippen LogP contribution in [0.3, 0.4) is 0 Å². The maximum absolute atomic E-state index is 10.9. The molecule has 0 aliphatic heterocycles. The van der Waals surface area contributed by atoms with E-state index in [4.69, 9.17) is 5.11 Å². The lowest BCUT2D eigenvalue weighted by Crippen LogP contribution is -2.54. The van der Waals surface area contributed by atoms with Gasteiger partial charge in [-0.1, -0.05) is 30.9 Å². The summed E-state index contributed by atoms with van der Waals surface area (Å²) in [4.78, 5) is 10.9. The molecule has 4 atom stereocenters. The molecular weight excluding hydrogens is 200 g/mol. The number of carbonyl (C=O) groups is 1. The summed E-state index contributed by atoms with van der Waals surface area (Å²) in [5, 5.41) is 8.96. The van der Waals surface area contributed by atoms with E-state index >= 15 is 0 Å². The number of rotatable bonds is 5. The third-order valence-electron chi connectivity index (χ3n) is 4.78. The second-order valence-corrected chi connectivity index (χ2v) is 5.49. The van der Waals surface area contributed by atoms with E-state index in [9.17, 15) is 4.79 Å². The Hall–Kier alpha value is -0.790. The van der Waals surface area contributed by atoms with E-state index in [1.807, 2.05) is 0 Å². The fraction of sp³-hybridized carbons (Fsp3) is 0.786. The van der Waals surface area contributed by atoms with Crippen LogP contribution in [0, 0.1) is 23.7 Å². The number of unbranched alkanes of at least 4 members (excludes halogenated alkanes) is 1. The number of carboxylic acids is 1. The largest absolute Gasteiger partial charge is 0.481 e. The van der Waals surface area contributed by atoms with E-state index in [2.05, 4.69) is 20.8 Å². The Kier molecular flexibility index (Phi) is 3.09. The van der Waals surface area contributed by atoms with Crippen LogP contribution in [0.4, 0.5) is 0 Å². The molecule has 2 rings (SSSR count). The van der Waals surface area contributed by atoms with E-state index < -0.39 is 5.97 Å². The van der Waals surface area contributed by atoms with E-state index in [-0.39, 0.29) is 0 Å². The SMILES string of the molecule is CCCCC1C2C(C)=C(C)[C@H]2[C@H]1CC(=O)O. The predicted molar refractivity (Wildman–Crippen MR) is 64.1 cm³/mol. The Morgan fingerprint density at radius 2 is 1.75 bits per heavy atom. The zero-order valence-corrected chi connectivity index (χ0v) is 10.5. The highest BCUT2D eigenvalue weighted by molar-refractivity contribution is 5.68. The normalized spacial score (nSPS) is 36.4. The van der Waals surface area contributed by atoms with Gasteiger partial charge in [-0.25, -0.2) is 0 Å². The lowest BCUT2D eigenvalue weighted by atomic mass is 9.44. The Morgan fingerprint density at radius 3 is 2.25 bits per heavy atom. The van der Waals surface area contributed by atoms with E-state index in [1.165, 1.54) is 24.8 Å². The van der Waals surface area contributed by atoms with Crippen molar-refractivity contribution in [3.05, 3.63) is 11.1 Å². The van der Waals surface area contributed by atoms with Crippen LogP contribution in [0.25, 0.3) is 0 Å². The molecule has 2 unspecified atom stereocenters. The molecule has 90 valence electrons. The van der Waals surface area contributed by atoms with Crippen LogP contribution in [0.1, 0.15) is 46.5 Å².